The highest BCUT2D eigenvalue weighted by Crippen LogP contribution is 2.22. The lowest BCUT2D eigenvalue weighted by atomic mass is 10.3. The van der Waals surface area contributed by atoms with E-state index in [1.807, 2.05) is 4.98 Å². The second-order valence-electron chi connectivity index (χ2n) is 3.35. The topological polar surface area (TPSA) is 78.7 Å². The first-order valence-electron chi connectivity index (χ1n) is 4.75. The third kappa shape index (κ3) is 1.98. The minimum Gasteiger partial charge on any atom is -0.273 e. The van der Waals surface area contributed by atoms with Gasteiger partial charge in [0.05, 0.1) is 0 Å². The molecule has 0 aliphatic heterocycles. The van der Waals surface area contributed by atoms with Crippen molar-refractivity contribution >= 4 is 15.9 Å². The number of aromatic amines is 1. The normalized spacial score (nSPS) is 10.1. The van der Waals surface area contributed by atoms with Gasteiger partial charge < -0.3 is 0 Å². The molecule has 1 aromatic carbocycles. The summed E-state index contributed by atoms with van der Waals surface area (Å²) >= 11 is 3.11. The van der Waals surface area contributed by atoms with Crippen LogP contribution in [-0.4, -0.2) is 9.55 Å². The van der Waals surface area contributed by atoms with Crippen LogP contribution in [0.2, 0.25) is 0 Å². The van der Waals surface area contributed by atoms with E-state index >= 15 is 0 Å². The Hall–Kier alpha value is -2.20. The molecule has 1 aromatic heterocycles. The summed E-state index contributed by atoms with van der Waals surface area (Å²) in [5.74, 6) is -0.651. The first-order valence-corrected chi connectivity index (χ1v) is 5.54. The molecule has 1 heterocycles. The number of H-pyrrole nitrogens is 1. The molecular formula is C11H5BrFN3O2. The molecule has 0 saturated heterocycles. The summed E-state index contributed by atoms with van der Waals surface area (Å²) in [6, 6.07) is 5.81. The van der Waals surface area contributed by atoms with Gasteiger partial charge in [-0.05, 0) is 28.1 Å². The maximum Gasteiger partial charge on any atom is 0.333 e. The molecule has 5 nitrogen and oxygen atoms in total. The Kier molecular flexibility index (Phi) is 3.12. The van der Waals surface area contributed by atoms with Gasteiger partial charge in [-0.3, -0.25) is 14.3 Å². The fourth-order valence-corrected chi connectivity index (χ4v) is 1.97. The number of para-hydroxylation sites is 1. The molecule has 0 bridgehead atoms. The fourth-order valence-electron chi connectivity index (χ4n) is 1.44. The summed E-state index contributed by atoms with van der Waals surface area (Å²) < 4.78 is 14.9. The average Bonchev–Trinajstić information content (AvgIpc) is 2.31. The van der Waals surface area contributed by atoms with Crippen LogP contribution >= 0.6 is 15.9 Å². The van der Waals surface area contributed by atoms with Crippen molar-refractivity contribution in [1.29, 1.82) is 5.26 Å². The van der Waals surface area contributed by atoms with E-state index in [1.54, 1.807) is 12.1 Å². The Balaban J connectivity index is 2.85. The smallest absolute Gasteiger partial charge is 0.273 e. The molecule has 0 saturated carbocycles. The summed E-state index contributed by atoms with van der Waals surface area (Å²) in [5, 5.41) is 8.73. The third-order valence-corrected chi connectivity index (χ3v) is 2.88. The molecule has 0 fully saturated rings. The summed E-state index contributed by atoms with van der Waals surface area (Å²) in [5.41, 5.74) is -1.95. The molecule has 0 amide bonds. The molecule has 0 radical (unpaired) electrons. The van der Waals surface area contributed by atoms with Crippen LogP contribution < -0.4 is 11.2 Å². The van der Waals surface area contributed by atoms with Crippen LogP contribution in [0.4, 0.5) is 4.39 Å². The number of hydrogen-bond acceptors (Lipinski definition) is 3. The van der Waals surface area contributed by atoms with Gasteiger partial charge in [0, 0.05) is 10.7 Å². The predicted molar refractivity (Wildman–Crippen MR) is 65.0 cm³/mol. The molecule has 0 atom stereocenters. The SMILES string of the molecule is N#Cc1cn(-c2c(F)cccc2Br)c(=O)[nH]c1=O. The van der Waals surface area contributed by atoms with Crippen molar-refractivity contribution in [2.75, 3.05) is 0 Å². The standard InChI is InChI=1S/C11H5BrFN3O2/c12-7-2-1-3-8(13)9(7)16-5-6(4-14)10(17)15-11(16)18/h1-3,5H,(H,15,17,18). The van der Waals surface area contributed by atoms with E-state index in [0.29, 0.717) is 4.47 Å². The van der Waals surface area contributed by atoms with Crippen LogP contribution in [0, 0.1) is 17.1 Å². The number of hydrogen-bond donors (Lipinski definition) is 1. The Labute approximate surface area is 108 Å². The van der Waals surface area contributed by atoms with Crippen molar-refractivity contribution in [2.24, 2.45) is 0 Å². The lowest BCUT2D eigenvalue weighted by Gasteiger charge is -2.08. The van der Waals surface area contributed by atoms with Crippen LogP contribution in [0.15, 0.2) is 38.5 Å². The summed E-state index contributed by atoms with van der Waals surface area (Å²) in [6.45, 7) is 0. The van der Waals surface area contributed by atoms with E-state index in [-0.39, 0.29) is 11.3 Å². The molecule has 1 N–H and O–H groups in total. The number of benzene rings is 1. The zero-order chi connectivity index (χ0) is 13.3. The monoisotopic (exact) mass is 309 g/mol. The summed E-state index contributed by atoms with van der Waals surface area (Å²) in [6.07, 6.45) is 1.00. The lowest BCUT2D eigenvalue weighted by molar-refractivity contribution is 0.613. The van der Waals surface area contributed by atoms with Crippen LogP contribution in [0.1, 0.15) is 5.56 Å². The highest BCUT2D eigenvalue weighted by Gasteiger charge is 2.12. The van der Waals surface area contributed by atoms with Crippen LogP contribution in [0.5, 0.6) is 0 Å². The Morgan fingerprint density at radius 3 is 2.72 bits per heavy atom. The highest BCUT2D eigenvalue weighted by atomic mass is 79.9. The molecule has 2 aromatic rings. The van der Waals surface area contributed by atoms with Gasteiger partial charge >= 0.3 is 5.69 Å². The van der Waals surface area contributed by atoms with E-state index in [9.17, 15) is 14.0 Å². The Bertz CT molecular complexity index is 753. The second kappa shape index (κ2) is 4.58. The third-order valence-electron chi connectivity index (χ3n) is 2.24. The number of nitrogens with one attached hydrogen (secondary N) is 1. The number of aromatic nitrogens is 2. The summed E-state index contributed by atoms with van der Waals surface area (Å²) in [7, 11) is 0. The minimum absolute atomic E-state index is 0.0600. The maximum absolute atomic E-state index is 13.7. The molecule has 0 unspecified atom stereocenters. The first kappa shape index (κ1) is 12.3. The van der Waals surface area contributed by atoms with Crippen LogP contribution in [-0.2, 0) is 0 Å². The zero-order valence-corrected chi connectivity index (χ0v) is 10.4. The quantitative estimate of drug-likeness (QED) is 0.862. The molecule has 7 heteroatoms. The van der Waals surface area contributed by atoms with E-state index in [1.165, 1.54) is 12.1 Å². The molecule has 0 aliphatic carbocycles. The molecule has 2 rings (SSSR count). The van der Waals surface area contributed by atoms with Gasteiger partial charge in [0.15, 0.2) is 0 Å². The van der Waals surface area contributed by atoms with Gasteiger partial charge in [-0.15, -0.1) is 0 Å². The van der Waals surface area contributed by atoms with Crippen molar-refractivity contribution in [3.8, 4) is 11.8 Å². The fraction of sp³-hybridized carbons (Fsp3) is 0. The Morgan fingerprint density at radius 2 is 2.11 bits per heavy atom. The molecule has 0 aliphatic rings. The lowest BCUT2D eigenvalue weighted by Crippen LogP contribution is -2.30. The molecular weight excluding hydrogens is 305 g/mol. The summed E-state index contributed by atoms with van der Waals surface area (Å²) in [4.78, 5) is 24.8. The predicted octanol–water partition coefficient (Wildman–Crippen LogP) is 1.30. The molecule has 90 valence electrons. The van der Waals surface area contributed by atoms with E-state index in [2.05, 4.69) is 15.9 Å². The van der Waals surface area contributed by atoms with Gasteiger partial charge in [0.1, 0.15) is 23.1 Å². The maximum atomic E-state index is 13.7. The van der Waals surface area contributed by atoms with Crippen molar-refractivity contribution < 1.29 is 4.39 Å². The van der Waals surface area contributed by atoms with E-state index < -0.39 is 17.1 Å². The van der Waals surface area contributed by atoms with Crippen LogP contribution in [0.3, 0.4) is 0 Å². The Morgan fingerprint density at radius 1 is 1.39 bits per heavy atom. The van der Waals surface area contributed by atoms with Gasteiger partial charge in [0.25, 0.3) is 5.56 Å². The van der Waals surface area contributed by atoms with Gasteiger partial charge in [-0.25, -0.2) is 9.18 Å². The number of rotatable bonds is 1. The van der Waals surface area contributed by atoms with Crippen LogP contribution in [0.25, 0.3) is 5.69 Å². The highest BCUT2D eigenvalue weighted by molar-refractivity contribution is 9.10. The average molecular weight is 310 g/mol. The van der Waals surface area contributed by atoms with E-state index in [4.69, 9.17) is 5.26 Å². The minimum atomic E-state index is -0.815. The van der Waals surface area contributed by atoms with Gasteiger partial charge in [0.2, 0.25) is 0 Å². The largest absolute Gasteiger partial charge is 0.333 e. The number of nitriles is 1. The van der Waals surface area contributed by atoms with Crippen molar-refractivity contribution in [1.82, 2.24) is 9.55 Å². The van der Waals surface area contributed by atoms with Gasteiger partial charge in [-0.1, -0.05) is 6.07 Å². The number of nitrogens with zero attached hydrogens (tertiary/aromatic N) is 2. The van der Waals surface area contributed by atoms with E-state index in [0.717, 1.165) is 10.8 Å². The van der Waals surface area contributed by atoms with Gasteiger partial charge in [-0.2, -0.15) is 5.26 Å². The first-order chi connectivity index (χ1) is 8.54. The van der Waals surface area contributed by atoms with Crippen molar-refractivity contribution in [3.05, 3.63) is 61.1 Å². The molecule has 0 spiro atoms. The zero-order valence-electron chi connectivity index (χ0n) is 8.78. The second-order valence-corrected chi connectivity index (χ2v) is 4.21. The van der Waals surface area contributed by atoms with Crippen molar-refractivity contribution in [3.63, 3.8) is 0 Å². The number of halogens is 2. The molecule has 18 heavy (non-hydrogen) atoms. The van der Waals surface area contributed by atoms with Crippen molar-refractivity contribution in [2.45, 2.75) is 0 Å².